The predicted molar refractivity (Wildman–Crippen MR) is 89.8 cm³/mol. The highest BCUT2D eigenvalue weighted by Crippen LogP contribution is 2.26. The van der Waals surface area contributed by atoms with Gasteiger partial charge in [-0.3, -0.25) is 4.98 Å². The minimum Gasteiger partial charge on any atom is -0.369 e. The van der Waals surface area contributed by atoms with Crippen molar-refractivity contribution in [1.82, 2.24) is 10.3 Å². The van der Waals surface area contributed by atoms with E-state index in [0.717, 1.165) is 25.2 Å². The van der Waals surface area contributed by atoms with Crippen LogP contribution in [0.4, 0.5) is 5.69 Å². The fourth-order valence-electron chi connectivity index (χ4n) is 3.25. The molecule has 0 bridgehead atoms. The molecule has 2 aromatic rings. The van der Waals surface area contributed by atoms with Crippen LogP contribution in [0.1, 0.15) is 26.7 Å². The Bertz CT molecular complexity index is 583. The number of para-hydroxylation sites is 1. The van der Waals surface area contributed by atoms with Gasteiger partial charge in [0.2, 0.25) is 0 Å². The summed E-state index contributed by atoms with van der Waals surface area (Å²) >= 11 is 0. The number of anilines is 1. The predicted octanol–water partition coefficient (Wildman–Crippen LogP) is 3.45. The van der Waals surface area contributed by atoms with Gasteiger partial charge in [-0.05, 0) is 37.4 Å². The molecule has 1 unspecified atom stereocenters. The van der Waals surface area contributed by atoms with Crippen molar-refractivity contribution in [1.29, 1.82) is 0 Å². The van der Waals surface area contributed by atoms with Crippen LogP contribution in [-0.4, -0.2) is 30.7 Å². The second kappa shape index (κ2) is 6.44. The number of hydrogen-bond acceptors (Lipinski definition) is 3. The molecule has 3 heteroatoms. The van der Waals surface area contributed by atoms with Gasteiger partial charge in [-0.15, -0.1) is 0 Å². The highest BCUT2D eigenvalue weighted by Gasteiger charge is 2.20. The van der Waals surface area contributed by atoms with Gasteiger partial charge in [-0.2, -0.15) is 0 Å². The summed E-state index contributed by atoms with van der Waals surface area (Å²) < 4.78 is 0. The minimum atomic E-state index is 0.621. The van der Waals surface area contributed by atoms with Gasteiger partial charge in [0.15, 0.2) is 0 Å². The Kier molecular flexibility index (Phi) is 4.39. The number of fused-ring (bicyclic) bond motifs is 1. The maximum Gasteiger partial charge on any atom is 0.0722 e. The standard InChI is InChI=1S/C18H25N3/c1-14(2)12-21(13-15-6-5-10-19-15)18-9-11-20-17-8-4-3-7-16(17)18/h3-4,7-9,11,14-15,19H,5-6,10,12-13H2,1-2H3. The van der Waals surface area contributed by atoms with Crippen molar-refractivity contribution in [3.8, 4) is 0 Å². The normalized spacial score (nSPS) is 18.5. The second-order valence-electron chi connectivity index (χ2n) is 6.44. The largest absolute Gasteiger partial charge is 0.369 e. The summed E-state index contributed by atoms with van der Waals surface area (Å²) in [6, 6.07) is 11.2. The minimum absolute atomic E-state index is 0.621. The number of hydrogen-bond donors (Lipinski definition) is 1. The summed E-state index contributed by atoms with van der Waals surface area (Å²) in [5.41, 5.74) is 2.41. The first kappa shape index (κ1) is 14.3. The summed E-state index contributed by atoms with van der Waals surface area (Å²) in [4.78, 5) is 7.03. The lowest BCUT2D eigenvalue weighted by atomic mass is 10.1. The molecule has 0 aliphatic carbocycles. The third-order valence-electron chi connectivity index (χ3n) is 4.16. The van der Waals surface area contributed by atoms with Crippen LogP contribution in [0.2, 0.25) is 0 Å². The zero-order chi connectivity index (χ0) is 14.7. The SMILES string of the molecule is CC(C)CN(CC1CCCN1)c1ccnc2ccccc12. The van der Waals surface area contributed by atoms with E-state index in [1.54, 1.807) is 0 Å². The Labute approximate surface area is 127 Å². The Balaban J connectivity index is 1.92. The average Bonchev–Trinajstić information content (AvgIpc) is 2.98. The molecule has 0 amide bonds. The van der Waals surface area contributed by atoms with Gasteiger partial charge in [-0.25, -0.2) is 0 Å². The van der Waals surface area contributed by atoms with Gasteiger partial charge in [0.25, 0.3) is 0 Å². The number of rotatable bonds is 5. The smallest absolute Gasteiger partial charge is 0.0722 e. The molecule has 21 heavy (non-hydrogen) atoms. The van der Waals surface area contributed by atoms with Crippen LogP contribution >= 0.6 is 0 Å². The fraction of sp³-hybridized carbons (Fsp3) is 0.500. The Hall–Kier alpha value is -1.61. The number of nitrogens with zero attached hydrogens (tertiary/aromatic N) is 2. The molecular weight excluding hydrogens is 258 g/mol. The summed E-state index contributed by atoms with van der Waals surface area (Å²) in [5.74, 6) is 0.651. The second-order valence-corrected chi connectivity index (χ2v) is 6.44. The quantitative estimate of drug-likeness (QED) is 0.911. The lowest BCUT2D eigenvalue weighted by Gasteiger charge is -2.30. The van der Waals surface area contributed by atoms with Crippen molar-refractivity contribution in [2.75, 3.05) is 24.5 Å². The molecule has 2 heterocycles. The van der Waals surface area contributed by atoms with E-state index in [-0.39, 0.29) is 0 Å². The first-order valence-corrected chi connectivity index (χ1v) is 8.06. The zero-order valence-electron chi connectivity index (χ0n) is 13.0. The fourth-order valence-corrected chi connectivity index (χ4v) is 3.25. The van der Waals surface area contributed by atoms with Crippen LogP contribution < -0.4 is 10.2 Å². The van der Waals surface area contributed by atoms with E-state index in [9.17, 15) is 0 Å². The van der Waals surface area contributed by atoms with E-state index in [1.165, 1.54) is 23.9 Å². The number of nitrogens with one attached hydrogen (secondary N) is 1. The van der Waals surface area contributed by atoms with Gasteiger partial charge >= 0.3 is 0 Å². The van der Waals surface area contributed by atoms with Gasteiger partial charge in [0, 0.05) is 36.4 Å². The van der Waals surface area contributed by atoms with Crippen LogP contribution in [0.15, 0.2) is 36.5 Å². The topological polar surface area (TPSA) is 28.2 Å². The molecule has 0 radical (unpaired) electrons. The van der Waals surface area contributed by atoms with Crippen LogP contribution in [0.25, 0.3) is 10.9 Å². The highest BCUT2D eigenvalue weighted by atomic mass is 15.2. The zero-order valence-corrected chi connectivity index (χ0v) is 13.0. The lowest BCUT2D eigenvalue weighted by molar-refractivity contribution is 0.542. The Morgan fingerprint density at radius 2 is 2.14 bits per heavy atom. The summed E-state index contributed by atoms with van der Waals surface area (Å²) in [6.07, 6.45) is 4.53. The molecule has 1 aliphatic rings. The van der Waals surface area contributed by atoms with Gasteiger partial charge in [0.1, 0.15) is 0 Å². The van der Waals surface area contributed by atoms with Gasteiger partial charge in [0.05, 0.1) is 5.52 Å². The Morgan fingerprint density at radius 3 is 2.90 bits per heavy atom. The molecule has 1 aromatic carbocycles. The monoisotopic (exact) mass is 283 g/mol. The third kappa shape index (κ3) is 3.35. The maximum atomic E-state index is 4.49. The molecule has 1 saturated heterocycles. The Morgan fingerprint density at radius 1 is 1.29 bits per heavy atom. The molecule has 1 fully saturated rings. The molecule has 1 N–H and O–H groups in total. The van der Waals surface area contributed by atoms with Gasteiger partial charge in [-0.1, -0.05) is 32.0 Å². The van der Waals surface area contributed by atoms with E-state index < -0.39 is 0 Å². The summed E-state index contributed by atoms with van der Waals surface area (Å²) in [7, 11) is 0. The molecule has 3 nitrogen and oxygen atoms in total. The molecule has 0 saturated carbocycles. The van der Waals surface area contributed by atoms with E-state index >= 15 is 0 Å². The van der Waals surface area contributed by atoms with E-state index in [0.29, 0.717) is 12.0 Å². The molecule has 3 rings (SSSR count). The van der Waals surface area contributed by atoms with E-state index in [2.05, 4.69) is 59.4 Å². The summed E-state index contributed by atoms with van der Waals surface area (Å²) in [5, 5.41) is 4.88. The van der Waals surface area contributed by atoms with Crippen LogP contribution in [0, 0.1) is 5.92 Å². The van der Waals surface area contributed by atoms with Crippen molar-refractivity contribution < 1.29 is 0 Å². The maximum absolute atomic E-state index is 4.49. The van der Waals surface area contributed by atoms with Gasteiger partial charge < -0.3 is 10.2 Å². The number of pyridine rings is 1. The molecule has 1 aliphatic heterocycles. The highest BCUT2D eigenvalue weighted by molar-refractivity contribution is 5.91. The first-order chi connectivity index (χ1) is 10.2. The molecular formula is C18H25N3. The van der Waals surface area contributed by atoms with Crippen molar-refractivity contribution in [3.05, 3.63) is 36.5 Å². The molecule has 1 atom stereocenters. The lowest BCUT2D eigenvalue weighted by Crippen LogP contribution is -2.39. The van der Waals surface area contributed by atoms with Crippen molar-refractivity contribution >= 4 is 16.6 Å². The third-order valence-corrected chi connectivity index (χ3v) is 4.16. The summed E-state index contributed by atoms with van der Waals surface area (Å²) in [6.45, 7) is 7.92. The van der Waals surface area contributed by atoms with Crippen LogP contribution in [0.5, 0.6) is 0 Å². The molecule has 0 spiro atoms. The molecule has 112 valence electrons. The molecule has 1 aromatic heterocycles. The van der Waals surface area contributed by atoms with E-state index in [1.807, 2.05) is 6.20 Å². The number of aromatic nitrogens is 1. The van der Waals surface area contributed by atoms with Crippen molar-refractivity contribution in [2.45, 2.75) is 32.7 Å². The number of benzene rings is 1. The van der Waals surface area contributed by atoms with Crippen molar-refractivity contribution in [3.63, 3.8) is 0 Å². The van der Waals surface area contributed by atoms with Crippen molar-refractivity contribution in [2.24, 2.45) is 5.92 Å². The van der Waals surface area contributed by atoms with Crippen LogP contribution in [-0.2, 0) is 0 Å². The van der Waals surface area contributed by atoms with Crippen LogP contribution in [0.3, 0.4) is 0 Å². The van der Waals surface area contributed by atoms with E-state index in [4.69, 9.17) is 0 Å². The average molecular weight is 283 g/mol. The first-order valence-electron chi connectivity index (χ1n) is 8.06.